The average Bonchev–Trinajstić information content (AvgIpc) is 3.03. The van der Waals surface area contributed by atoms with E-state index < -0.39 is 5.97 Å². The molecule has 126 valence electrons. The van der Waals surface area contributed by atoms with Crippen molar-refractivity contribution in [2.75, 3.05) is 0 Å². The molecule has 0 unspecified atom stereocenters. The van der Waals surface area contributed by atoms with Crippen LogP contribution in [0.25, 0.3) is 0 Å². The molecule has 0 aliphatic carbocycles. The number of benzene rings is 2. The van der Waals surface area contributed by atoms with Gasteiger partial charge in [0.2, 0.25) is 0 Å². The molecule has 7 heteroatoms. The van der Waals surface area contributed by atoms with E-state index in [-0.39, 0.29) is 5.56 Å². The SMILES string of the molecule is O=C(O)c1ccc(Cl)c(N=Cc2ccc(Sc3ccc(Cl)cc3)s2)c1. The van der Waals surface area contributed by atoms with Gasteiger partial charge in [-0.15, -0.1) is 11.3 Å². The van der Waals surface area contributed by atoms with Crippen LogP contribution in [0.2, 0.25) is 10.0 Å². The van der Waals surface area contributed by atoms with Crippen molar-refractivity contribution >= 4 is 64.2 Å². The maximum Gasteiger partial charge on any atom is 0.335 e. The third-order valence-electron chi connectivity index (χ3n) is 3.16. The predicted molar refractivity (Wildman–Crippen MR) is 106 cm³/mol. The van der Waals surface area contributed by atoms with Gasteiger partial charge in [0.15, 0.2) is 0 Å². The number of halogens is 2. The van der Waals surface area contributed by atoms with Crippen molar-refractivity contribution in [1.82, 2.24) is 0 Å². The normalized spacial score (nSPS) is 11.1. The Kier molecular flexibility index (Phi) is 5.81. The lowest BCUT2D eigenvalue weighted by Crippen LogP contribution is -1.94. The van der Waals surface area contributed by atoms with Gasteiger partial charge in [0.05, 0.1) is 20.5 Å². The first-order valence-corrected chi connectivity index (χ1v) is 9.50. The number of hydrogen-bond acceptors (Lipinski definition) is 4. The standard InChI is InChI=1S/C18H11Cl2NO2S2/c19-12-2-4-13(5-3-12)24-17-8-6-14(25-17)10-21-16-9-11(18(22)23)1-7-15(16)20/h1-10H,(H,22,23). The second-order valence-electron chi connectivity index (χ2n) is 4.94. The second kappa shape index (κ2) is 8.06. The Morgan fingerprint density at radius 2 is 1.84 bits per heavy atom. The summed E-state index contributed by atoms with van der Waals surface area (Å²) in [5.41, 5.74) is 0.587. The Labute approximate surface area is 162 Å². The van der Waals surface area contributed by atoms with E-state index in [2.05, 4.69) is 4.99 Å². The summed E-state index contributed by atoms with van der Waals surface area (Å²) in [5, 5.41) is 10.2. The highest BCUT2D eigenvalue weighted by Crippen LogP contribution is 2.34. The van der Waals surface area contributed by atoms with Crippen LogP contribution in [0.1, 0.15) is 15.2 Å². The van der Waals surface area contributed by atoms with Crippen LogP contribution in [0.4, 0.5) is 5.69 Å². The van der Waals surface area contributed by atoms with Crippen molar-refractivity contribution in [3.8, 4) is 0 Å². The number of aliphatic imine (C=N–C) groups is 1. The van der Waals surface area contributed by atoms with E-state index in [1.807, 2.05) is 36.4 Å². The summed E-state index contributed by atoms with van der Waals surface area (Å²) < 4.78 is 1.12. The minimum absolute atomic E-state index is 0.154. The van der Waals surface area contributed by atoms with Crippen molar-refractivity contribution in [3.05, 3.63) is 75.1 Å². The molecule has 2 aromatic carbocycles. The molecule has 1 aromatic heterocycles. The van der Waals surface area contributed by atoms with Crippen LogP contribution in [-0.2, 0) is 0 Å². The molecule has 0 saturated heterocycles. The molecule has 1 N–H and O–H groups in total. The molecule has 0 aliphatic heterocycles. The van der Waals surface area contributed by atoms with Gasteiger partial charge in [-0.1, -0.05) is 35.0 Å². The largest absolute Gasteiger partial charge is 0.478 e. The minimum atomic E-state index is -1.01. The van der Waals surface area contributed by atoms with Crippen LogP contribution in [0, 0.1) is 0 Å². The number of thiophene rings is 1. The first-order chi connectivity index (χ1) is 12.0. The summed E-state index contributed by atoms with van der Waals surface area (Å²) in [6.45, 7) is 0. The average molecular weight is 408 g/mol. The van der Waals surface area contributed by atoms with Crippen LogP contribution in [0.5, 0.6) is 0 Å². The molecule has 0 amide bonds. The van der Waals surface area contributed by atoms with Crippen LogP contribution >= 0.6 is 46.3 Å². The molecule has 1 heterocycles. The summed E-state index contributed by atoms with van der Waals surface area (Å²) in [6, 6.07) is 16.1. The Balaban J connectivity index is 1.75. The van der Waals surface area contributed by atoms with Crippen molar-refractivity contribution < 1.29 is 9.90 Å². The summed E-state index contributed by atoms with van der Waals surface area (Å²) in [7, 11) is 0. The minimum Gasteiger partial charge on any atom is -0.478 e. The zero-order chi connectivity index (χ0) is 17.8. The number of rotatable bonds is 5. The van der Waals surface area contributed by atoms with Gasteiger partial charge in [-0.3, -0.25) is 4.99 Å². The number of carboxylic acids is 1. The summed E-state index contributed by atoms with van der Waals surface area (Å²) in [6.07, 6.45) is 1.68. The smallest absolute Gasteiger partial charge is 0.335 e. The Morgan fingerprint density at radius 1 is 1.08 bits per heavy atom. The molecular formula is C18H11Cl2NO2S2. The fourth-order valence-corrected chi connectivity index (χ4v) is 4.24. The first-order valence-electron chi connectivity index (χ1n) is 7.11. The van der Waals surface area contributed by atoms with Gasteiger partial charge in [-0.25, -0.2) is 4.79 Å². The maximum atomic E-state index is 11.0. The van der Waals surface area contributed by atoms with Crippen LogP contribution < -0.4 is 0 Å². The molecule has 3 rings (SSSR count). The quantitative estimate of drug-likeness (QED) is 0.481. The number of hydrogen-bond donors (Lipinski definition) is 1. The lowest BCUT2D eigenvalue weighted by molar-refractivity contribution is 0.0697. The van der Waals surface area contributed by atoms with E-state index in [0.29, 0.717) is 15.7 Å². The van der Waals surface area contributed by atoms with E-state index in [1.165, 1.54) is 18.2 Å². The maximum absolute atomic E-state index is 11.0. The van der Waals surface area contributed by atoms with E-state index in [1.54, 1.807) is 29.3 Å². The van der Waals surface area contributed by atoms with E-state index >= 15 is 0 Å². The molecule has 3 nitrogen and oxygen atoms in total. The van der Waals surface area contributed by atoms with Crippen LogP contribution in [0.15, 0.2) is 68.7 Å². The van der Waals surface area contributed by atoms with Gasteiger partial charge in [-0.05, 0) is 54.6 Å². The summed E-state index contributed by atoms with van der Waals surface area (Å²) in [4.78, 5) is 17.4. The lowest BCUT2D eigenvalue weighted by Gasteiger charge is -1.99. The van der Waals surface area contributed by atoms with Gasteiger partial charge < -0.3 is 5.11 Å². The van der Waals surface area contributed by atoms with Crippen molar-refractivity contribution in [1.29, 1.82) is 0 Å². The number of aromatic carboxylic acids is 1. The van der Waals surface area contributed by atoms with Crippen molar-refractivity contribution in [3.63, 3.8) is 0 Å². The molecule has 25 heavy (non-hydrogen) atoms. The first kappa shape index (κ1) is 18.0. The molecule has 3 aromatic rings. The van der Waals surface area contributed by atoms with Gasteiger partial charge in [0, 0.05) is 21.0 Å². The van der Waals surface area contributed by atoms with E-state index in [0.717, 1.165) is 14.0 Å². The molecule has 0 fully saturated rings. The highest BCUT2D eigenvalue weighted by Gasteiger charge is 2.07. The highest BCUT2D eigenvalue weighted by molar-refractivity contribution is 8.01. The Bertz CT molecular complexity index is 937. The van der Waals surface area contributed by atoms with E-state index in [4.69, 9.17) is 28.3 Å². The Hall–Kier alpha value is -1.79. The fourth-order valence-electron chi connectivity index (χ4n) is 1.96. The van der Waals surface area contributed by atoms with Crippen LogP contribution in [0.3, 0.4) is 0 Å². The number of nitrogens with zero attached hydrogens (tertiary/aromatic N) is 1. The number of carboxylic acid groups (broad SMARTS) is 1. The van der Waals surface area contributed by atoms with Crippen molar-refractivity contribution in [2.24, 2.45) is 4.99 Å². The molecule has 0 radical (unpaired) electrons. The molecule has 0 saturated carbocycles. The van der Waals surface area contributed by atoms with Gasteiger partial charge in [0.25, 0.3) is 0 Å². The third kappa shape index (κ3) is 4.86. The second-order valence-corrected chi connectivity index (χ2v) is 8.28. The van der Waals surface area contributed by atoms with Gasteiger partial charge in [-0.2, -0.15) is 0 Å². The molecule has 0 atom stereocenters. The van der Waals surface area contributed by atoms with Crippen molar-refractivity contribution in [2.45, 2.75) is 9.10 Å². The van der Waals surface area contributed by atoms with Crippen LogP contribution in [-0.4, -0.2) is 17.3 Å². The topological polar surface area (TPSA) is 49.7 Å². The number of carbonyl (C=O) groups is 1. The van der Waals surface area contributed by atoms with Gasteiger partial charge >= 0.3 is 5.97 Å². The summed E-state index contributed by atoms with van der Waals surface area (Å²) in [5.74, 6) is -1.01. The molecule has 0 spiro atoms. The zero-order valence-electron chi connectivity index (χ0n) is 12.6. The fraction of sp³-hybridized carbons (Fsp3) is 0. The predicted octanol–water partition coefficient (Wildman–Crippen LogP) is 6.65. The molecular weight excluding hydrogens is 397 g/mol. The lowest BCUT2D eigenvalue weighted by atomic mass is 10.2. The Morgan fingerprint density at radius 3 is 2.56 bits per heavy atom. The van der Waals surface area contributed by atoms with E-state index in [9.17, 15) is 4.79 Å². The zero-order valence-corrected chi connectivity index (χ0v) is 15.8. The summed E-state index contributed by atoms with van der Waals surface area (Å²) >= 11 is 15.2. The third-order valence-corrected chi connectivity index (χ3v) is 5.89. The molecule has 0 bridgehead atoms. The molecule has 0 aliphatic rings. The van der Waals surface area contributed by atoms with Gasteiger partial charge in [0.1, 0.15) is 0 Å². The highest BCUT2D eigenvalue weighted by atomic mass is 35.5. The monoisotopic (exact) mass is 407 g/mol.